The molecule has 1 unspecified atom stereocenters. The Balaban J connectivity index is 2.13. The van der Waals surface area contributed by atoms with E-state index in [0.717, 1.165) is 41.8 Å². The minimum absolute atomic E-state index is 0.382. The lowest BCUT2D eigenvalue weighted by molar-refractivity contribution is 0.185. The number of piperazine rings is 1. The summed E-state index contributed by atoms with van der Waals surface area (Å²) < 4.78 is 0. The van der Waals surface area contributed by atoms with Crippen molar-refractivity contribution < 1.29 is 0 Å². The number of nitrogens with one attached hydrogen (secondary N) is 1. The van der Waals surface area contributed by atoms with Crippen molar-refractivity contribution in [2.75, 3.05) is 26.2 Å². The van der Waals surface area contributed by atoms with E-state index in [0.29, 0.717) is 6.04 Å². The van der Waals surface area contributed by atoms with Crippen molar-refractivity contribution in [3.05, 3.63) is 15.6 Å². The molecule has 1 fully saturated rings. The number of rotatable bonds is 2. The Labute approximate surface area is 101 Å². The molecule has 1 atom stereocenters. The van der Waals surface area contributed by atoms with E-state index in [2.05, 4.69) is 28.0 Å². The molecule has 0 aromatic carbocycles. The minimum atomic E-state index is 0.382. The second kappa shape index (κ2) is 4.96. The molecule has 1 aliphatic rings. The second-order valence-corrected chi connectivity index (χ2v) is 5.30. The molecule has 3 nitrogen and oxygen atoms in total. The van der Waals surface area contributed by atoms with Gasteiger partial charge in [0.1, 0.15) is 10.7 Å². The van der Waals surface area contributed by atoms with Crippen LogP contribution >= 0.6 is 11.3 Å². The molecule has 2 rings (SSSR count). The number of nitrogens with zero attached hydrogens (tertiary/aromatic N) is 2. The summed E-state index contributed by atoms with van der Waals surface area (Å²) in [5, 5.41) is 4.50. The van der Waals surface area contributed by atoms with Crippen LogP contribution < -0.4 is 5.32 Å². The summed E-state index contributed by atoms with van der Waals surface area (Å²) in [5.41, 5.74) is 0.807. The van der Waals surface area contributed by atoms with Gasteiger partial charge in [0, 0.05) is 31.1 Å². The van der Waals surface area contributed by atoms with Gasteiger partial charge < -0.3 is 5.32 Å². The topological polar surface area (TPSA) is 28.2 Å². The molecule has 1 aliphatic heterocycles. The van der Waals surface area contributed by atoms with Crippen LogP contribution in [-0.4, -0.2) is 36.1 Å². The average Bonchev–Trinajstić information content (AvgIpc) is 2.71. The van der Waals surface area contributed by atoms with Gasteiger partial charge in [0.15, 0.2) is 0 Å². The Kier molecular flexibility index (Phi) is 3.59. The lowest BCUT2D eigenvalue weighted by atomic mass is 10.2. The van der Waals surface area contributed by atoms with Gasteiger partial charge in [-0.2, -0.15) is 0 Å². The van der Waals surface area contributed by atoms with Crippen molar-refractivity contribution in [1.29, 1.82) is 0 Å². The smallest absolute Gasteiger partial charge is 0.127 e. The van der Waals surface area contributed by atoms with E-state index in [9.17, 15) is 0 Å². The molecule has 0 spiro atoms. The third-order valence-corrected chi connectivity index (χ3v) is 4.15. The zero-order valence-electron chi connectivity index (χ0n) is 9.79. The zero-order valence-corrected chi connectivity index (χ0v) is 10.6. The van der Waals surface area contributed by atoms with Crippen LogP contribution in [-0.2, 0) is 0 Å². The van der Waals surface area contributed by atoms with Crippen molar-refractivity contribution in [3.8, 4) is 12.3 Å². The van der Waals surface area contributed by atoms with E-state index < -0.39 is 0 Å². The molecule has 1 saturated heterocycles. The fourth-order valence-electron chi connectivity index (χ4n) is 1.96. The molecule has 0 bridgehead atoms. The lowest BCUT2D eigenvalue weighted by Gasteiger charge is -2.31. The molecule has 0 aliphatic carbocycles. The van der Waals surface area contributed by atoms with Gasteiger partial charge >= 0.3 is 0 Å². The van der Waals surface area contributed by atoms with E-state index in [1.54, 1.807) is 11.3 Å². The van der Waals surface area contributed by atoms with Crippen LogP contribution in [0.1, 0.15) is 28.5 Å². The third-order valence-electron chi connectivity index (χ3n) is 3.01. The number of hydrogen-bond acceptors (Lipinski definition) is 4. The highest BCUT2D eigenvalue weighted by atomic mass is 32.1. The summed E-state index contributed by atoms with van der Waals surface area (Å²) in [6, 6.07) is 0.382. The summed E-state index contributed by atoms with van der Waals surface area (Å²) in [6.07, 6.45) is 5.41. The fourth-order valence-corrected chi connectivity index (χ4v) is 2.93. The van der Waals surface area contributed by atoms with Crippen molar-refractivity contribution in [3.63, 3.8) is 0 Å². The first kappa shape index (κ1) is 11.6. The van der Waals surface area contributed by atoms with Crippen LogP contribution in [0.25, 0.3) is 0 Å². The highest BCUT2D eigenvalue weighted by Crippen LogP contribution is 2.26. The monoisotopic (exact) mass is 235 g/mol. The number of thiazole rings is 1. The van der Waals surface area contributed by atoms with E-state index in [4.69, 9.17) is 6.42 Å². The van der Waals surface area contributed by atoms with Gasteiger partial charge in [-0.1, -0.05) is 0 Å². The Morgan fingerprint density at radius 3 is 2.75 bits per heavy atom. The first-order chi connectivity index (χ1) is 7.72. The fraction of sp³-hybridized carbons (Fsp3) is 0.583. The van der Waals surface area contributed by atoms with Crippen molar-refractivity contribution >= 4 is 11.3 Å². The number of aromatic nitrogens is 1. The summed E-state index contributed by atoms with van der Waals surface area (Å²) >= 11 is 1.73. The van der Waals surface area contributed by atoms with Crippen LogP contribution in [0.5, 0.6) is 0 Å². The Bertz CT molecular complexity index is 399. The van der Waals surface area contributed by atoms with E-state index in [1.165, 1.54) is 0 Å². The van der Waals surface area contributed by atoms with Gasteiger partial charge in [-0.25, -0.2) is 4.98 Å². The number of aryl methyl sites for hydroxylation is 1. The molecular formula is C12H17N3S. The van der Waals surface area contributed by atoms with Crippen molar-refractivity contribution in [1.82, 2.24) is 15.2 Å². The minimum Gasteiger partial charge on any atom is -0.314 e. The molecule has 16 heavy (non-hydrogen) atoms. The van der Waals surface area contributed by atoms with E-state index in [1.807, 2.05) is 6.92 Å². The predicted molar refractivity (Wildman–Crippen MR) is 67.6 cm³/mol. The largest absolute Gasteiger partial charge is 0.314 e. The molecule has 1 aromatic rings. The van der Waals surface area contributed by atoms with E-state index in [-0.39, 0.29) is 0 Å². The van der Waals surface area contributed by atoms with Crippen LogP contribution in [0.4, 0.5) is 0 Å². The first-order valence-corrected chi connectivity index (χ1v) is 6.42. The number of hydrogen-bond donors (Lipinski definition) is 1. The molecule has 86 valence electrons. The Morgan fingerprint density at radius 1 is 1.50 bits per heavy atom. The average molecular weight is 235 g/mol. The summed E-state index contributed by atoms with van der Waals surface area (Å²) in [5.74, 6) is 2.64. The molecule has 1 aromatic heterocycles. The highest BCUT2D eigenvalue weighted by molar-refractivity contribution is 7.11. The maximum Gasteiger partial charge on any atom is 0.127 e. The Morgan fingerprint density at radius 2 is 2.19 bits per heavy atom. The molecule has 1 N–H and O–H groups in total. The maximum atomic E-state index is 5.41. The van der Waals surface area contributed by atoms with Gasteiger partial charge in [-0.3, -0.25) is 4.90 Å². The van der Waals surface area contributed by atoms with Crippen LogP contribution in [0.15, 0.2) is 0 Å². The zero-order chi connectivity index (χ0) is 11.5. The molecule has 2 heterocycles. The normalized spacial score (nSPS) is 19.3. The van der Waals surface area contributed by atoms with Gasteiger partial charge in [-0.05, 0) is 19.8 Å². The molecular weight excluding hydrogens is 218 g/mol. The summed E-state index contributed by atoms with van der Waals surface area (Å²) in [6.45, 7) is 8.56. The van der Waals surface area contributed by atoms with Crippen LogP contribution in [0.2, 0.25) is 0 Å². The van der Waals surface area contributed by atoms with Crippen molar-refractivity contribution in [2.24, 2.45) is 0 Å². The summed E-state index contributed by atoms with van der Waals surface area (Å²) in [7, 11) is 0. The molecule has 0 amide bonds. The standard InChI is InChI=1S/C12H17N3S/c1-4-11-10(3)16-12(14-11)9(2)15-7-5-13-6-8-15/h1,9,13H,5-8H2,2-3H3. The van der Waals surface area contributed by atoms with Crippen molar-refractivity contribution in [2.45, 2.75) is 19.9 Å². The first-order valence-electron chi connectivity index (χ1n) is 5.61. The SMILES string of the molecule is C#Cc1nc(C(C)N2CCNCC2)sc1C. The molecule has 0 saturated carbocycles. The van der Waals surface area contributed by atoms with Gasteiger partial charge in [0.2, 0.25) is 0 Å². The van der Waals surface area contributed by atoms with Gasteiger partial charge in [0.05, 0.1) is 6.04 Å². The predicted octanol–water partition coefficient (Wildman–Crippen LogP) is 1.40. The summed E-state index contributed by atoms with van der Waals surface area (Å²) in [4.78, 5) is 8.13. The quantitative estimate of drug-likeness (QED) is 0.785. The second-order valence-electron chi connectivity index (χ2n) is 4.06. The van der Waals surface area contributed by atoms with Crippen LogP contribution in [0.3, 0.4) is 0 Å². The lowest BCUT2D eigenvalue weighted by Crippen LogP contribution is -2.44. The Hall–Kier alpha value is -0.890. The van der Waals surface area contributed by atoms with Crippen LogP contribution in [0, 0.1) is 19.3 Å². The highest BCUT2D eigenvalue weighted by Gasteiger charge is 2.21. The van der Waals surface area contributed by atoms with Gasteiger partial charge in [0.25, 0.3) is 0 Å². The molecule has 4 heteroatoms. The van der Waals surface area contributed by atoms with E-state index >= 15 is 0 Å². The third kappa shape index (κ3) is 2.27. The number of terminal acetylenes is 1. The van der Waals surface area contributed by atoms with Gasteiger partial charge in [-0.15, -0.1) is 17.8 Å². The molecule has 0 radical (unpaired) electrons. The maximum absolute atomic E-state index is 5.41.